The third kappa shape index (κ3) is 4.00. The lowest BCUT2D eigenvalue weighted by molar-refractivity contribution is -0.129. The van der Waals surface area contributed by atoms with Crippen LogP contribution in [0.2, 0.25) is 0 Å². The Bertz CT molecular complexity index is 943. The van der Waals surface area contributed by atoms with E-state index in [1.807, 2.05) is 24.3 Å². The number of ether oxygens (including phenoxy) is 4. The van der Waals surface area contributed by atoms with Crippen LogP contribution in [-0.2, 0) is 9.53 Å². The lowest BCUT2D eigenvalue weighted by Gasteiger charge is -2.09. The molecule has 2 aromatic carbocycles. The van der Waals surface area contributed by atoms with Crippen LogP contribution in [0.25, 0.3) is 12.2 Å². The standard InChI is InChI=1S/C21H19NO5/c1-24-17-9-5-4-7-14(17)11-12-19-22-16(21(23)27-19)13-15-8-6-10-18(25-2)20(15)26-3/h4-13H,1-3H3. The van der Waals surface area contributed by atoms with E-state index in [0.717, 1.165) is 11.3 Å². The van der Waals surface area contributed by atoms with Gasteiger partial charge in [-0.3, -0.25) is 0 Å². The number of hydrogen-bond donors (Lipinski definition) is 0. The predicted octanol–water partition coefficient (Wildman–Crippen LogP) is 3.72. The Balaban J connectivity index is 1.89. The summed E-state index contributed by atoms with van der Waals surface area (Å²) in [6.07, 6.45) is 5.01. The first-order chi connectivity index (χ1) is 13.2. The van der Waals surface area contributed by atoms with Crippen molar-refractivity contribution in [2.75, 3.05) is 21.3 Å². The first-order valence-electron chi connectivity index (χ1n) is 8.21. The summed E-state index contributed by atoms with van der Waals surface area (Å²) in [4.78, 5) is 16.4. The number of carbonyl (C=O) groups excluding carboxylic acids is 1. The minimum atomic E-state index is -0.528. The minimum absolute atomic E-state index is 0.182. The average Bonchev–Trinajstić information content (AvgIpc) is 3.05. The van der Waals surface area contributed by atoms with E-state index in [1.165, 1.54) is 7.11 Å². The smallest absolute Gasteiger partial charge is 0.363 e. The Morgan fingerprint density at radius 3 is 2.30 bits per heavy atom. The Hall–Kier alpha value is -3.54. The molecule has 3 rings (SSSR count). The summed E-state index contributed by atoms with van der Waals surface area (Å²) < 4.78 is 21.1. The zero-order chi connectivity index (χ0) is 19.2. The number of aliphatic imine (C=N–C) groups is 1. The van der Waals surface area contributed by atoms with Gasteiger partial charge in [-0.1, -0.05) is 30.3 Å². The van der Waals surface area contributed by atoms with Crippen molar-refractivity contribution < 1.29 is 23.7 Å². The maximum atomic E-state index is 12.1. The van der Waals surface area contributed by atoms with E-state index in [2.05, 4.69) is 4.99 Å². The second kappa shape index (κ2) is 8.23. The van der Waals surface area contributed by atoms with Gasteiger partial charge in [-0.25, -0.2) is 9.79 Å². The van der Waals surface area contributed by atoms with Crippen LogP contribution in [0.1, 0.15) is 11.1 Å². The van der Waals surface area contributed by atoms with Crippen molar-refractivity contribution in [2.24, 2.45) is 4.99 Å². The fraction of sp³-hybridized carbons (Fsp3) is 0.143. The van der Waals surface area contributed by atoms with Gasteiger partial charge in [0.2, 0.25) is 5.90 Å². The number of methoxy groups -OCH3 is 3. The van der Waals surface area contributed by atoms with Crippen LogP contribution in [0, 0.1) is 0 Å². The highest BCUT2D eigenvalue weighted by atomic mass is 16.6. The fourth-order valence-corrected chi connectivity index (χ4v) is 2.64. The van der Waals surface area contributed by atoms with Gasteiger partial charge in [0.25, 0.3) is 0 Å². The van der Waals surface area contributed by atoms with Gasteiger partial charge < -0.3 is 18.9 Å². The molecule has 1 heterocycles. The normalized spacial score (nSPS) is 15.0. The first-order valence-corrected chi connectivity index (χ1v) is 8.21. The number of para-hydroxylation sites is 2. The van der Waals surface area contributed by atoms with Crippen LogP contribution in [0.5, 0.6) is 17.2 Å². The molecule has 0 fully saturated rings. The molecule has 6 heteroatoms. The summed E-state index contributed by atoms with van der Waals surface area (Å²) in [6.45, 7) is 0. The van der Waals surface area contributed by atoms with Crippen molar-refractivity contribution in [3.8, 4) is 17.2 Å². The first kappa shape index (κ1) is 18.3. The summed E-state index contributed by atoms with van der Waals surface area (Å²) >= 11 is 0. The van der Waals surface area contributed by atoms with Crippen LogP contribution in [0.4, 0.5) is 0 Å². The van der Waals surface area contributed by atoms with Gasteiger partial charge in [-0.2, -0.15) is 0 Å². The van der Waals surface area contributed by atoms with E-state index in [0.29, 0.717) is 17.1 Å². The third-order valence-corrected chi connectivity index (χ3v) is 3.91. The summed E-state index contributed by atoms with van der Waals surface area (Å²) in [7, 11) is 4.69. The van der Waals surface area contributed by atoms with Gasteiger partial charge in [0.1, 0.15) is 5.75 Å². The van der Waals surface area contributed by atoms with Gasteiger partial charge in [0, 0.05) is 17.2 Å². The monoisotopic (exact) mass is 365 g/mol. The Morgan fingerprint density at radius 1 is 0.852 bits per heavy atom. The van der Waals surface area contributed by atoms with Crippen LogP contribution >= 0.6 is 0 Å². The van der Waals surface area contributed by atoms with Gasteiger partial charge in [-0.15, -0.1) is 0 Å². The zero-order valence-corrected chi connectivity index (χ0v) is 15.3. The molecule has 0 saturated heterocycles. The van der Waals surface area contributed by atoms with Crippen molar-refractivity contribution in [3.63, 3.8) is 0 Å². The number of nitrogens with zero attached hydrogens (tertiary/aromatic N) is 1. The lowest BCUT2D eigenvalue weighted by Crippen LogP contribution is -2.01. The topological polar surface area (TPSA) is 66.3 Å². The molecular weight excluding hydrogens is 346 g/mol. The van der Waals surface area contributed by atoms with Crippen molar-refractivity contribution in [2.45, 2.75) is 0 Å². The molecule has 0 N–H and O–H groups in total. The quantitative estimate of drug-likeness (QED) is 0.577. The summed E-state index contributed by atoms with van der Waals surface area (Å²) in [5.41, 5.74) is 1.70. The minimum Gasteiger partial charge on any atom is -0.496 e. The summed E-state index contributed by atoms with van der Waals surface area (Å²) in [5, 5.41) is 0. The van der Waals surface area contributed by atoms with Gasteiger partial charge >= 0.3 is 5.97 Å². The van der Waals surface area contributed by atoms with Crippen LogP contribution in [-0.4, -0.2) is 33.2 Å². The second-order valence-electron chi connectivity index (χ2n) is 5.53. The maximum Gasteiger partial charge on any atom is 0.363 e. The van der Waals surface area contributed by atoms with Crippen LogP contribution in [0.3, 0.4) is 0 Å². The zero-order valence-electron chi connectivity index (χ0n) is 15.3. The highest BCUT2D eigenvalue weighted by Crippen LogP contribution is 2.33. The van der Waals surface area contributed by atoms with Crippen LogP contribution < -0.4 is 14.2 Å². The summed E-state index contributed by atoms with van der Waals surface area (Å²) in [6, 6.07) is 12.9. The van der Waals surface area contributed by atoms with E-state index < -0.39 is 5.97 Å². The molecule has 0 radical (unpaired) electrons. The highest BCUT2D eigenvalue weighted by molar-refractivity contribution is 6.11. The maximum absolute atomic E-state index is 12.1. The number of rotatable bonds is 6. The van der Waals surface area contributed by atoms with Crippen LogP contribution in [0.15, 0.2) is 59.2 Å². The number of cyclic esters (lactones) is 1. The van der Waals surface area contributed by atoms with Gasteiger partial charge in [0.05, 0.1) is 21.3 Å². The molecule has 0 spiro atoms. The van der Waals surface area contributed by atoms with E-state index in [9.17, 15) is 4.79 Å². The van der Waals surface area contributed by atoms with Crippen molar-refractivity contribution in [3.05, 3.63) is 65.4 Å². The molecule has 2 aromatic rings. The molecule has 0 aromatic heterocycles. The number of benzene rings is 2. The van der Waals surface area contributed by atoms with E-state index in [4.69, 9.17) is 18.9 Å². The van der Waals surface area contributed by atoms with Crippen molar-refractivity contribution in [1.29, 1.82) is 0 Å². The molecule has 0 atom stereocenters. The third-order valence-electron chi connectivity index (χ3n) is 3.91. The van der Waals surface area contributed by atoms with E-state index >= 15 is 0 Å². The van der Waals surface area contributed by atoms with Gasteiger partial charge in [0.15, 0.2) is 17.2 Å². The number of hydrogen-bond acceptors (Lipinski definition) is 6. The average molecular weight is 365 g/mol. The summed E-state index contributed by atoms with van der Waals surface area (Å²) in [5.74, 6) is 1.49. The second-order valence-corrected chi connectivity index (χ2v) is 5.53. The largest absolute Gasteiger partial charge is 0.496 e. The molecule has 1 aliphatic heterocycles. The number of carbonyl (C=O) groups is 1. The van der Waals surface area contributed by atoms with Crippen molar-refractivity contribution >= 4 is 24.0 Å². The molecule has 138 valence electrons. The lowest BCUT2D eigenvalue weighted by atomic mass is 10.1. The van der Waals surface area contributed by atoms with Gasteiger partial charge in [-0.05, 0) is 24.3 Å². The molecule has 0 aliphatic carbocycles. The molecule has 6 nitrogen and oxygen atoms in total. The molecule has 0 bridgehead atoms. The molecule has 0 amide bonds. The Kier molecular flexibility index (Phi) is 5.56. The highest BCUT2D eigenvalue weighted by Gasteiger charge is 2.22. The number of esters is 1. The molecule has 0 unspecified atom stereocenters. The fourth-order valence-electron chi connectivity index (χ4n) is 2.64. The van der Waals surface area contributed by atoms with E-state index in [1.54, 1.807) is 50.6 Å². The Labute approximate surface area is 157 Å². The van der Waals surface area contributed by atoms with Crippen molar-refractivity contribution in [1.82, 2.24) is 0 Å². The Morgan fingerprint density at radius 2 is 1.56 bits per heavy atom. The predicted molar refractivity (Wildman–Crippen MR) is 103 cm³/mol. The van der Waals surface area contributed by atoms with E-state index in [-0.39, 0.29) is 11.6 Å². The molecular formula is C21H19NO5. The molecule has 0 saturated carbocycles. The SMILES string of the molecule is COc1ccccc1C=CC1=NC(=Cc2cccc(OC)c2OC)C(=O)O1. The molecule has 27 heavy (non-hydrogen) atoms. The molecule has 1 aliphatic rings.